The Balaban J connectivity index is 1.78. The first-order chi connectivity index (χ1) is 23.2. The third kappa shape index (κ3) is 6.83. The minimum atomic E-state index is -2.58. The van der Waals surface area contributed by atoms with Crippen LogP contribution in [-0.2, 0) is 19.5 Å². The smallest absolute Gasteiger partial charge is 0.351 e. The molecule has 0 aliphatic carbocycles. The van der Waals surface area contributed by atoms with Gasteiger partial charge < -0.3 is 24.4 Å². The number of rotatable bonds is 11. The van der Waals surface area contributed by atoms with E-state index in [1.807, 2.05) is 107 Å². The summed E-state index contributed by atoms with van der Waals surface area (Å²) in [4.78, 5) is 16.6. The van der Waals surface area contributed by atoms with Crippen LogP contribution in [0.15, 0.2) is 108 Å². The number of nitrogens with zero attached hydrogens (tertiary/aromatic N) is 2. The first kappa shape index (κ1) is 36.1. The second kappa shape index (κ2) is 13.9. The molecule has 4 atom stereocenters. The van der Waals surface area contributed by atoms with E-state index in [0.717, 1.165) is 12.3 Å². The first-order valence-electron chi connectivity index (χ1n) is 15.9. The molecule has 49 heavy (non-hydrogen) atoms. The Morgan fingerprint density at radius 2 is 1.53 bits per heavy atom. The summed E-state index contributed by atoms with van der Waals surface area (Å²) in [7, 11) is -1.03. The zero-order chi connectivity index (χ0) is 35.6. The van der Waals surface area contributed by atoms with Crippen LogP contribution in [0.2, 0.25) is 18.1 Å². The van der Waals surface area contributed by atoms with Crippen LogP contribution in [-0.4, -0.2) is 49.5 Å². The van der Waals surface area contributed by atoms with Crippen molar-refractivity contribution in [2.45, 2.75) is 68.6 Å². The number of halogens is 3. The molecule has 5 rings (SSSR count). The molecule has 3 aromatic carbocycles. The Hall–Kier alpha value is -4.23. The number of hydrogen-bond donors (Lipinski definition) is 1. The van der Waals surface area contributed by atoms with Gasteiger partial charge in [-0.2, -0.15) is 4.98 Å². The number of nitrogens with two attached hydrogens (primary N) is 1. The molecule has 0 unspecified atom stereocenters. The number of aromatic nitrogens is 2. The van der Waals surface area contributed by atoms with Crippen molar-refractivity contribution in [3.8, 4) is 5.75 Å². The Kier molecular flexibility index (Phi) is 10.3. The highest BCUT2D eigenvalue weighted by Gasteiger charge is 2.60. The van der Waals surface area contributed by atoms with Gasteiger partial charge in [0.2, 0.25) is 0 Å². The van der Waals surface area contributed by atoms with E-state index in [-0.39, 0.29) is 18.0 Å². The second-order valence-corrected chi connectivity index (χ2v) is 18.4. The maximum absolute atomic E-state index is 17.4. The summed E-state index contributed by atoms with van der Waals surface area (Å²) in [6.45, 7) is 9.74. The van der Waals surface area contributed by atoms with Crippen molar-refractivity contribution in [1.29, 1.82) is 0 Å². The average Bonchev–Trinajstić information content (AvgIpc) is 3.35. The fraction of sp³-hybridized carbons (Fsp3) is 0.351. The molecule has 260 valence electrons. The Labute approximate surface area is 285 Å². The van der Waals surface area contributed by atoms with Crippen molar-refractivity contribution < 1.29 is 31.8 Å². The Morgan fingerprint density at radius 3 is 2.04 bits per heavy atom. The lowest BCUT2D eigenvalue weighted by molar-refractivity contribution is -0.139. The van der Waals surface area contributed by atoms with Gasteiger partial charge in [-0.15, -0.1) is 0 Å². The van der Waals surface area contributed by atoms with Gasteiger partial charge in [0, 0.05) is 0 Å². The lowest BCUT2D eigenvalue weighted by Gasteiger charge is -2.44. The highest BCUT2D eigenvalue weighted by molar-refractivity contribution is 6.74. The van der Waals surface area contributed by atoms with Gasteiger partial charge in [0.15, 0.2) is 32.4 Å². The number of hydrogen-bond acceptors (Lipinski definition) is 7. The zero-order valence-corrected chi connectivity index (χ0v) is 29.4. The largest absolute Gasteiger partial charge is 0.497 e. The van der Waals surface area contributed by atoms with E-state index in [0.29, 0.717) is 27.0 Å². The number of nitrogen functional groups attached to an aromatic ring is 1. The normalized spacial score (nSPS) is 21.7. The fourth-order valence-electron chi connectivity index (χ4n) is 5.77. The van der Waals surface area contributed by atoms with Crippen LogP contribution in [0.4, 0.5) is 19.0 Å². The maximum Gasteiger partial charge on any atom is 0.351 e. The summed E-state index contributed by atoms with van der Waals surface area (Å²) in [6, 6.07) is 25.5. The molecule has 1 aromatic heterocycles. The van der Waals surface area contributed by atoms with Crippen LogP contribution in [0.1, 0.15) is 43.7 Å². The molecule has 0 radical (unpaired) electrons. The lowest BCUT2D eigenvalue weighted by Crippen LogP contribution is -2.53. The standard InChI is InChI=1S/C37H42F3N3O5Si/c1-35(2,3)49(5,6)46-24-36(21-22-38)31(30(40)33(48-36)43-23-29(39)32(41)42-34(43)44)47-37(25-13-9-7-10-14-25,26-15-11-8-12-16-26)27-17-19-28(45-4)20-18-27/h7-23,30-31,33H,24H2,1-6H3,(H2,41,42,44)/b22-21-/t30-,31-,33+,36+/m0/s1. The molecule has 0 saturated carbocycles. The van der Waals surface area contributed by atoms with Crippen molar-refractivity contribution in [3.63, 3.8) is 0 Å². The van der Waals surface area contributed by atoms with Crippen molar-refractivity contribution in [1.82, 2.24) is 9.55 Å². The van der Waals surface area contributed by atoms with Crippen LogP contribution in [0.25, 0.3) is 0 Å². The maximum atomic E-state index is 17.4. The molecule has 12 heteroatoms. The van der Waals surface area contributed by atoms with Gasteiger partial charge in [0.25, 0.3) is 0 Å². The summed E-state index contributed by atoms with van der Waals surface area (Å²) in [5, 5.41) is -0.279. The summed E-state index contributed by atoms with van der Waals surface area (Å²) in [6.07, 6.45) is -3.59. The molecule has 1 saturated heterocycles. The molecule has 0 spiro atoms. The average molecular weight is 694 g/mol. The minimum Gasteiger partial charge on any atom is -0.497 e. The number of alkyl halides is 1. The van der Waals surface area contributed by atoms with Gasteiger partial charge in [0.05, 0.1) is 26.2 Å². The van der Waals surface area contributed by atoms with Crippen molar-refractivity contribution in [2.24, 2.45) is 0 Å². The zero-order valence-electron chi connectivity index (χ0n) is 28.4. The number of benzene rings is 3. The van der Waals surface area contributed by atoms with E-state index in [4.69, 9.17) is 24.4 Å². The summed E-state index contributed by atoms with van der Waals surface area (Å²) in [5.41, 5.74) is 2.87. The van der Waals surface area contributed by atoms with E-state index in [1.165, 1.54) is 0 Å². The summed E-state index contributed by atoms with van der Waals surface area (Å²) >= 11 is 0. The number of anilines is 1. The van der Waals surface area contributed by atoms with Crippen molar-refractivity contribution >= 4 is 14.1 Å². The van der Waals surface area contributed by atoms with Gasteiger partial charge in [-0.05, 0) is 53.0 Å². The molecule has 0 amide bonds. The molecule has 4 aromatic rings. The fourth-order valence-corrected chi connectivity index (χ4v) is 6.79. The van der Waals surface area contributed by atoms with Gasteiger partial charge in [0.1, 0.15) is 23.1 Å². The molecular formula is C37H42F3N3O5Si. The van der Waals surface area contributed by atoms with Gasteiger partial charge >= 0.3 is 5.69 Å². The minimum absolute atomic E-state index is 0.241. The van der Waals surface area contributed by atoms with E-state index in [9.17, 15) is 13.6 Å². The van der Waals surface area contributed by atoms with E-state index < -0.39 is 55.3 Å². The monoisotopic (exact) mass is 693 g/mol. The van der Waals surface area contributed by atoms with Gasteiger partial charge in [-0.1, -0.05) is 93.6 Å². The second-order valence-electron chi connectivity index (χ2n) is 13.6. The summed E-state index contributed by atoms with van der Waals surface area (Å²) in [5.74, 6) is -1.11. The third-order valence-electron chi connectivity index (χ3n) is 9.56. The Bertz CT molecular complexity index is 1780. The number of ether oxygens (including phenoxy) is 3. The first-order valence-corrected chi connectivity index (χ1v) is 18.8. The predicted octanol–water partition coefficient (Wildman–Crippen LogP) is 7.46. The highest BCUT2D eigenvalue weighted by atomic mass is 28.4. The molecule has 8 nitrogen and oxygen atoms in total. The summed E-state index contributed by atoms with van der Waals surface area (Å²) < 4.78 is 72.9. The molecule has 2 heterocycles. The topological polar surface area (TPSA) is 97.8 Å². The van der Waals surface area contributed by atoms with Crippen LogP contribution >= 0.6 is 0 Å². The van der Waals surface area contributed by atoms with Crippen LogP contribution < -0.4 is 16.2 Å². The lowest BCUT2D eigenvalue weighted by atomic mass is 9.79. The molecule has 1 aliphatic rings. The SMILES string of the molecule is COc1ccc(C(O[C@H]2[C@H](F)[C@H](n3cc(F)c(N)nc3=O)O[C@]2(/C=C\F)CO[Si](C)(C)C(C)(C)C)(c2ccccc2)c2ccccc2)cc1. The molecule has 2 N–H and O–H groups in total. The Morgan fingerprint density at radius 1 is 0.980 bits per heavy atom. The molecule has 0 bridgehead atoms. The van der Waals surface area contributed by atoms with Gasteiger partial charge in [-0.3, -0.25) is 4.57 Å². The molecular weight excluding hydrogens is 652 g/mol. The van der Waals surface area contributed by atoms with Crippen LogP contribution in [0, 0.1) is 5.82 Å². The highest BCUT2D eigenvalue weighted by Crippen LogP contribution is 2.50. The molecule has 1 fully saturated rings. The van der Waals surface area contributed by atoms with E-state index in [2.05, 4.69) is 4.98 Å². The van der Waals surface area contributed by atoms with Crippen LogP contribution in [0.5, 0.6) is 5.75 Å². The van der Waals surface area contributed by atoms with Crippen molar-refractivity contribution in [3.05, 3.63) is 137 Å². The quantitative estimate of drug-likeness (QED) is 0.129. The van der Waals surface area contributed by atoms with E-state index >= 15 is 4.39 Å². The van der Waals surface area contributed by atoms with Crippen molar-refractivity contribution in [2.75, 3.05) is 19.5 Å². The van der Waals surface area contributed by atoms with Crippen LogP contribution in [0.3, 0.4) is 0 Å². The van der Waals surface area contributed by atoms with E-state index in [1.54, 1.807) is 19.2 Å². The van der Waals surface area contributed by atoms with Gasteiger partial charge in [-0.25, -0.2) is 18.0 Å². The third-order valence-corrected chi connectivity index (χ3v) is 14.0. The predicted molar refractivity (Wildman–Crippen MR) is 185 cm³/mol. The number of methoxy groups -OCH3 is 1. The molecule has 1 aliphatic heterocycles.